The van der Waals surface area contributed by atoms with Gasteiger partial charge in [-0.15, -0.1) is 6.58 Å². The Bertz CT molecular complexity index is 350. The minimum absolute atomic E-state index is 0.00612. The predicted molar refractivity (Wildman–Crippen MR) is 83.7 cm³/mol. The van der Waals surface area contributed by atoms with Gasteiger partial charge in [0.2, 0.25) is 11.8 Å². The smallest absolute Gasteiger partial charge is 0.234 e. The summed E-state index contributed by atoms with van der Waals surface area (Å²) in [6.45, 7) is 9.31. The molecule has 1 atom stereocenters. The lowest BCUT2D eigenvalue weighted by Gasteiger charge is -2.34. The number of carbonyl (C=O) groups excluding carboxylic acids is 2. The van der Waals surface area contributed by atoms with E-state index in [-0.39, 0.29) is 17.9 Å². The van der Waals surface area contributed by atoms with E-state index in [0.29, 0.717) is 32.6 Å². The molecule has 21 heavy (non-hydrogen) atoms. The van der Waals surface area contributed by atoms with Gasteiger partial charge in [-0.3, -0.25) is 14.5 Å². The van der Waals surface area contributed by atoms with Crippen molar-refractivity contribution in [2.75, 3.05) is 39.3 Å². The fourth-order valence-corrected chi connectivity index (χ4v) is 2.33. The molecule has 0 aromatic rings. The molecular formula is C15H28N4O2. The number of nitrogens with two attached hydrogens (primary N) is 1. The van der Waals surface area contributed by atoms with Crippen molar-refractivity contribution in [3.8, 4) is 0 Å². The molecule has 0 aromatic carbocycles. The molecule has 0 saturated carbocycles. The van der Waals surface area contributed by atoms with Gasteiger partial charge in [0.25, 0.3) is 0 Å². The van der Waals surface area contributed by atoms with Crippen molar-refractivity contribution in [2.24, 2.45) is 5.73 Å². The third-order valence-corrected chi connectivity index (χ3v) is 3.59. The first-order chi connectivity index (χ1) is 10.0. The molecule has 6 nitrogen and oxygen atoms in total. The van der Waals surface area contributed by atoms with Crippen LogP contribution in [0.4, 0.5) is 0 Å². The summed E-state index contributed by atoms with van der Waals surface area (Å²) in [6, 6.07) is 0.156. The highest BCUT2D eigenvalue weighted by atomic mass is 16.2. The van der Waals surface area contributed by atoms with Crippen LogP contribution < -0.4 is 11.1 Å². The topological polar surface area (TPSA) is 78.7 Å². The second kappa shape index (κ2) is 9.52. The molecule has 0 spiro atoms. The maximum absolute atomic E-state index is 12.0. The van der Waals surface area contributed by atoms with E-state index < -0.39 is 0 Å². The zero-order chi connectivity index (χ0) is 15.7. The van der Waals surface area contributed by atoms with E-state index >= 15 is 0 Å². The van der Waals surface area contributed by atoms with Crippen LogP contribution in [0.5, 0.6) is 0 Å². The first-order valence-corrected chi connectivity index (χ1v) is 7.66. The fourth-order valence-electron chi connectivity index (χ4n) is 2.33. The molecule has 1 fully saturated rings. The van der Waals surface area contributed by atoms with Crippen molar-refractivity contribution in [3.05, 3.63) is 12.7 Å². The van der Waals surface area contributed by atoms with Gasteiger partial charge in [0, 0.05) is 45.2 Å². The Kier molecular flexibility index (Phi) is 8.00. The van der Waals surface area contributed by atoms with Crippen LogP contribution in [-0.4, -0.2) is 66.9 Å². The third-order valence-electron chi connectivity index (χ3n) is 3.59. The largest absolute Gasteiger partial charge is 0.352 e. The number of amides is 2. The Morgan fingerprint density at radius 3 is 2.57 bits per heavy atom. The lowest BCUT2D eigenvalue weighted by molar-refractivity contribution is -0.133. The maximum Gasteiger partial charge on any atom is 0.234 e. The average molecular weight is 296 g/mol. The summed E-state index contributed by atoms with van der Waals surface area (Å²) in [5.41, 5.74) is 5.68. The molecule has 1 aliphatic rings. The molecule has 0 aliphatic carbocycles. The molecule has 1 heterocycles. The van der Waals surface area contributed by atoms with Crippen LogP contribution >= 0.6 is 0 Å². The number of piperazine rings is 1. The second-order valence-electron chi connectivity index (χ2n) is 5.62. The second-order valence-corrected chi connectivity index (χ2v) is 5.62. The van der Waals surface area contributed by atoms with Gasteiger partial charge < -0.3 is 16.0 Å². The SMILES string of the molecule is C=CCNC(=O)CN1CCN(C(=O)CCCC(C)N)CC1. The zero-order valence-corrected chi connectivity index (χ0v) is 13.0. The normalized spacial score (nSPS) is 17.3. The number of hydrogen-bond acceptors (Lipinski definition) is 4. The predicted octanol–water partition coefficient (Wildman–Crippen LogP) is -0.0497. The number of hydrogen-bond donors (Lipinski definition) is 2. The molecule has 0 radical (unpaired) electrons. The lowest BCUT2D eigenvalue weighted by Crippen LogP contribution is -2.51. The van der Waals surface area contributed by atoms with E-state index in [1.807, 2.05) is 11.8 Å². The standard InChI is InChI=1S/C15H28N4O2/c1-3-7-17-14(20)12-18-8-10-19(11-9-18)15(21)6-4-5-13(2)16/h3,13H,1,4-12,16H2,2H3,(H,17,20). The monoisotopic (exact) mass is 296 g/mol. The average Bonchev–Trinajstić information content (AvgIpc) is 2.45. The van der Waals surface area contributed by atoms with Gasteiger partial charge in [-0.05, 0) is 19.8 Å². The van der Waals surface area contributed by atoms with E-state index in [2.05, 4.69) is 16.8 Å². The summed E-state index contributed by atoms with van der Waals surface area (Å²) in [7, 11) is 0. The Balaban J connectivity index is 2.20. The van der Waals surface area contributed by atoms with Gasteiger partial charge >= 0.3 is 0 Å². The number of carbonyl (C=O) groups is 2. The highest BCUT2D eigenvalue weighted by molar-refractivity contribution is 5.78. The fraction of sp³-hybridized carbons (Fsp3) is 0.733. The molecule has 1 unspecified atom stereocenters. The van der Waals surface area contributed by atoms with Gasteiger partial charge in [0.1, 0.15) is 0 Å². The van der Waals surface area contributed by atoms with Crippen LogP contribution in [0, 0.1) is 0 Å². The summed E-state index contributed by atoms with van der Waals surface area (Å²) in [5.74, 6) is 0.206. The van der Waals surface area contributed by atoms with Gasteiger partial charge in [-0.1, -0.05) is 6.08 Å². The van der Waals surface area contributed by atoms with Crippen molar-refractivity contribution in [3.63, 3.8) is 0 Å². The molecule has 1 rings (SSSR count). The molecular weight excluding hydrogens is 268 g/mol. The minimum atomic E-state index is 0.00612. The molecule has 120 valence electrons. The summed E-state index contributed by atoms with van der Waals surface area (Å²) in [6.07, 6.45) is 3.97. The van der Waals surface area contributed by atoms with Gasteiger partial charge in [0.15, 0.2) is 0 Å². The Hall–Kier alpha value is -1.40. The summed E-state index contributed by atoms with van der Waals surface area (Å²) >= 11 is 0. The van der Waals surface area contributed by atoms with Crippen molar-refractivity contribution in [1.29, 1.82) is 0 Å². The first kappa shape index (κ1) is 17.7. The van der Waals surface area contributed by atoms with E-state index in [4.69, 9.17) is 5.73 Å². The lowest BCUT2D eigenvalue weighted by atomic mass is 10.1. The molecule has 6 heteroatoms. The summed E-state index contributed by atoms with van der Waals surface area (Å²) < 4.78 is 0. The van der Waals surface area contributed by atoms with Gasteiger partial charge in [-0.25, -0.2) is 0 Å². The first-order valence-electron chi connectivity index (χ1n) is 7.66. The molecule has 3 N–H and O–H groups in total. The highest BCUT2D eigenvalue weighted by Crippen LogP contribution is 2.07. The van der Waals surface area contributed by atoms with E-state index in [1.54, 1.807) is 6.08 Å². The van der Waals surface area contributed by atoms with Gasteiger partial charge in [-0.2, -0.15) is 0 Å². The Morgan fingerprint density at radius 2 is 2.00 bits per heavy atom. The van der Waals surface area contributed by atoms with Crippen LogP contribution in [0.3, 0.4) is 0 Å². The van der Waals surface area contributed by atoms with Crippen LogP contribution in [0.1, 0.15) is 26.2 Å². The van der Waals surface area contributed by atoms with E-state index in [9.17, 15) is 9.59 Å². The number of nitrogens with zero attached hydrogens (tertiary/aromatic N) is 2. The van der Waals surface area contributed by atoms with Gasteiger partial charge in [0.05, 0.1) is 6.54 Å². The van der Waals surface area contributed by atoms with Crippen molar-refractivity contribution in [1.82, 2.24) is 15.1 Å². The molecule has 2 amide bonds. The van der Waals surface area contributed by atoms with Crippen LogP contribution in [0.2, 0.25) is 0 Å². The van der Waals surface area contributed by atoms with Crippen molar-refractivity contribution < 1.29 is 9.59 Å². The van der Waals surface area contributed by atoms with E-state index in [1.165, 1.54) is 0 Å². The number of rotatable bonds is 8. The van der Waals surface area contributed by atoms with Crippen molar-refractivity contribution >= 4 is 11.8 Å². The molecule has 1 saturated heterocycles. The minimum Gasteiger partial charge on any atom is -0.352 e. The maximum atomic E-state index is 12.0. The summed E-state index contributed by atoms with van der Waals surface area (Å²) in [5, 5.41) is 2.76. The van der Waals surface area contributed by atoms with E-state index in [0.717, 1.165) is 25.9 Å². The third kappa shape index (κ3) is 7.24. The molecule has 1 aliphatic heterocycles. The van der Waals surface area contributed by atoms with Crippen molar-refractivity contribution in [2.45, 2.75) is 32.2 Å². The Labute approximate surface area is 127 Å². The zero-order valence-electron chi connectivity index (χ0n) is 13.0. The van der Waals surface area contributed by atoms with Crippen LogP contribution in [0.25, 0.3) is 0 Å². The number of nitrogens with one attached hydrogen (secondary N) is 1. The quantitative estimate of drug-likeness (QED) is 0.616. The molecule has 0 aromatic heterocycles. The van der Waals surface area contributed by atoms with Crippen LogP contribution in [-0.2, 0) is 9.59 Å². The summed E-state index contributed by atoms with van der Waals surface area (Å²) in [4.78, 5) is 27.6. The highest BCUT2D eigenvalue weighted by Gasteiger charge is 2.21. The molecule has 0 bridgehead atoms. The van der Waals surface area contributed by atoms with Crippen LogP contribution in [0.15, 0.2) is 12.7 Å². The Morgan fingerprint density at radius 1 is 1.33 bits per heavy atom.